The van der Waals surface area contributed by atoms with Crippen LogP contribution in [-0.2, 0) is 20.2 Å². The van der Waals surface area contributed by atoms with Crippen molar-refractivity contribution in [3.63, 3.8) is 0 Å². The normalized spacial score (nSPS) is 22.6. The average molecular weight is 445 g/mol. The van der Waals surface area contributed by atoms with Crippen molar-refractivity contribution in [2.75, 3.05) is 59.4 Å². The van der Waals surface area contributed by atoms with Crippen LogP contribution < -0.4 is 0 Å². The zero-order chi connectivity index (χ0) is 21.2. The fourth-order valence-corrected chi connectivity index (χ4v) is 6.67. The van der Waals surface area contributed by atoms with E-state index in [1.165, 1.54) is 12.9 Å². The maximum absolute atomic E-state index is 13.0. The minimum absolute atomic E-state index is 0.169. The van der Waals surface area contributed by atoms with Gasteiger partial charge in [-0.2, -0.15) is 21.3 Å². The molecule has 0 bridgehead atoms. The van der Waals surface area contributed by atoms with Crippen molar-refractivity contribution in [3.05, 3.63) is 29.8 Å². The summed E-state index contributed by atoms with van der Waals surface area (Å²) in [7, 11) is -5.19. The number of sulfonamides is 1. The largest absolute Gasteiger partial charge is 0.304 e. The van der Waals surface area contributed by atoms with Crippen LogP contribution in [0.2, 0.25) is 0 Å². The van der Waals surface area contributed by atoms with Crippen LogP contribution in [0.15, 0.2) is 29.2 Å². The van der Waals surface area contributed by atoms with Gasteiger partial charge in [0.2, 0.25) is 10.0 Å². The summed E-state index contributed by atoms with van der Waals surface area (Å²) in [6.07, 6.45) is 0.996. The molecule has 0 radical (unpaired) electrons. The molecule has 1 aromatic carbocycles. The first kappa shape index (κ1) is 22.6. The molecule has 2 saturated heterocycles. The van der Waals surface area contributed by atoms with E-state index < -0.39 is 20.2 Å². The summed E-state index contributed by atoms with van der Waals surface area (Å²) in [5.41, 5.74) is 1.12. The van der Waals surface area contributed by atoms with Crippen LogP contribution >= 0.6 is 0 Å². The first-order chi connectivity index (χ1) is 13.7. The molecule has 2 fully saturated rings. The van der Waals surface area contributed by atoms with Gasteiger partial charge in [0.1, 0.15) is 0 Å². The highest BCUT2D eigenvalue weighted by atomic mass is 32.2. The molecule has 1 atom stereocenters. The van der Waals surface area contributed by atoms with Crippen molar-refractivity contribution in [2.24, 2.45) is 0 Å². The summed E-state index contributed by atoms with van der Waals surface area (Å²) in [6, 6.07) is 7.05. The van der Waals surface area contributed by atoms with Gasteiger partial charge in [-0.15, -0.1) is 0 Å². The third kappa shape index (κ3) is 4.83. The van der Waals surface area contributed by atoms with Crippen LogP contribution in [0, 0.1) is 0 Å². The summed E-state index contributed by atoms with van der Waals surface area (Å²) < 4.78 is 56.0. The Morgan fingerprint density at radius 3 is 1.72 bits per heavy atom. The van der Waals surface area contributed by atoms with Gasteiger partial charge in [-0.3, -0.25) is 0 Å². The molecular formula is C19H32N4O4S2. The molecule has 0 saturated carbocycles. The number of benzene rings is 1. The molecular weight excluding hydrogens is 412 g/mol. The smallest absolute Gasteiger partial charge is 0.282 e. The molecule has 0 N–H and O–H groups in total. The predicted molar refractivity (Wildman–Crippen MR) is 113 cm³/mol. The number of nitrogens with zero attached hydrogens (tertiary/aromatic N) is 4. The van der Waals surface area contributed by atoms with Crippen molar-refractivity contribution in [1.82, 2.24) is 17.8 Å². The van der Waals surface area contributed by atoms with E-state index in [0.29, 0.717) is 32.1 Å². The molecule has 10 heteroatoms. The molecule has 0 aromatic heterocycles. The fourth-order valence-electron chi connectivity index (χ4n) is 3.68. The summed E-state index contributed by atoms with van der Waals surface area (Å²) in [5, 5.41) is 0. The second kappa shape index (κ2) is 8.99. The van der Waals surface area contributed by atoms with Crippen LogP contribution in [0.4, 0.5) is 0 Å². The zero-order valence-electron chi connectivity index (χ0n) is 17.5. The second-order valence-corrected chi connectivity index (χ2v) is 11.8. The van der Waals surface area contributed by atoms with Gasteiger partial charge in [0.05, 0.1) is 4.90 Å². The van der Waals surface area contributed by atoms with E-state index in [1.54, 1.807) is 12.1 Å². The Morgan fingerprint density at radius 2 is 1.24 bits per heavy atom. The topological polar surface area (TPSA) is 81.2 Å². The summed E-state index contributed by atoms with van der Waals surface area (Å²) in [5.74, 6) is 0.384. The first-order valence-electron chi connectivity index (χ1n) is 10.2. The molecule has 0 spiro atoms. The summed E-state index contributed by atoms with van der Waals surface area (Å²) in [6.45, 7) is 7.28. The molecule has 0 aliphatic carbocycles. The Hall–Kier alpha value is -1.04. The zero-order valence-corrected chi connectivity index (χ0v) is 19.1. The van der Waals surface area contributed by atoms with Crippen molar-refractivity contribution >= 4 is 20.2 Å². The van der Waals surface area contributed by atoms with Gasteiger partial charge in [-0.05, 0) is 37.1 Å². The van der Waals surface area contributed by atoms with Crippen LogP contribution in [0.3, 0.4) is 0 Å². The van der Waals surface area contributed by atoms with Crippen molar-refractivity contribution in [2.45, 2.75) is 31.1 Å². The van der Waals surface area contributed by atoms with Crippen LogP contribution in [0.25, 0.3) is 0 Å². The lowest BCUT2D eigenvalue weighted by molar-refractivity contribution is 0.201. The lowest BCUT2D eigenvalue weighted by atomic mass is 9.99. The van der Waals surface area contributed by atoms with Crippen molar-refractivity contribution in [1.29, 1.82) is 0 Å². The third-order valence-electron chi connectivity index (χ3n) is 6.01. The molecule has 3 rings (SSSR count). The molecule has 8 nitrogen and oxygen atoms in total. The highest BCUT2D eigenvalue weighted by molar-refractivity contribution is 7.89. The molecule has 29 heavy (non-hydrogen) atoms. The molecule has 0 amide bonds. The highest BCUT2D eigenvalue weighted by Crippen LogP contribution is 2.24. The van der Waals surface area contributed by atoms with E-state index in [4.69, 9.17) is 0 Å². The van der Waals surface area contributed by atoms with Gasteiger partial charge < -0.3 is 4.90 Å². The number of likely N-dealkylation sites (N-methyl/N-ethyl adjacent to an activating group) is 1. The molecule has 1 aromatic rings. The fraction of sp³-hybridized carbons (Fsp3) is 0.684. The van der Waals surface area contributed by atoms with Crippen LogP contribution in [-0.4, -0.2) is 94.1 Å². The Labute approximate surface area is 175 Å². The maximum Gasteiger partial charge on any atom is 0.282 e. The number of hydrogen-bond acceptors (Lipinski definition) is 5. The van der Waals surface area contributed by atoms with Crippen LogP contribution in [0.5, 0.6) is 0 Å². The number of hydrogen-bond donors (Lipinski definition) is 0. The van der Waals surface area contributed by atoms with Gasteiger partial charge in [0, 0.05) is 52.4 Å². The first-order valence-corrected chi connectivity index (χ1v) is 13.0. The quantitative estimate of drug-likeness (QED) is 0.654. The minimum atomic E-state index is -3.62. The van der Waals surface area contributed by atoms with Gasteiger partial charge in [0.15, 0.2) is 0 Å². The Kier molecular flexibility index (Phi) is 7.02. The van der Waals surface area contributed by atoms with Crippen LogP contribution in [0.1, 0.15) is 31.7 Å². The molecule has 0 unspecified atom stereocenters. The third-order valence-corrected chi connectivity index (χ3v) is 9.96. The standard InChI is InChI=1S/C19H32N4O4S2/c1-4-17(2)18-5-7-19(8-6-18)28(24,25)21-13-15-23(16-14-21)29(26,27)22-11-9-20(3)10-12-22/h5-8,17H,4,9-16H2,1-3H3/t17-/m1/s1. The minimum Gasteiger partial charge on any atom is -0.304 e. The van der Waals surface area contributed by atoms with E-state index in [2.05, 4.69) is 18.7 Å². The molecule has 164 valence electrons. The van der Waals surface area contributed by atoms with Crippen molar-refractivity contribution < 1.29 is 16.8 Å². The maximum atomic E-state index is 13.0. The molecule has 2 aliphatic heterocycles. The Balaban J connectivity index is 1.65. The number of piperazine rings is 2. The predicted octanol–water partition coefficient (Wildman–Crippen LogP) is 0.999. The average Bonchev–Trinajstić information content (AvgIpc) is 2.73. The van der Waals surface area contributed by atoms with E-state index in [0.717, 1.165) is 12.0 Å². The monoisotopic (exact) mass is 444 g/mol. The van der Waals surface area contributed by atoms with Gasteiger partial charge in [-0.1, -0.05) is 26.0 Å². The van der Waals surface area contributed by atoms with E-state index in [-0.39, 0.29) is 31.1 Å². The number of rotatable bonds is 6. The lowest BCUT2D eigenvalue weighted by Crippen LogP contribution is -2.57. The second-order valence-electron chi connectivity index (χ2n) is 7.89. The highest BCUT2D eigenvalue weighted by Gasteiger charge is 2.36. The summed E-state index contributed by atoms with van der Waals surface area (Å²) >= 11 is 0. The SMILES string of the molecule is CC[C@@H](C)c1ccc(S(=O)(=O)N2CCN(S(=O)(=O)N3CCN(C)CC3)CC2)cc1. The van der Waals surface area contributed by atoms with Gasteiger partial charge in [0.25, 0.3) is 10.2 Å². The summed E-state index contributed by atoms with van der Waals surface area (Å²) in [4.78, 5) is 2.36. The van der Waals surface area contributed by atoms with E-state index >= 15 is 0 Å². The molecule has 2 heterocycles. The lowest BCUT2D eigenvalue weighted by Gasteiger charge is -2.38. The van der Waals surface area contributed by atoms with Gasteiger partial charge >= 0.3 is 0 Å². The van der Waals surface area contributed by atoms with E-state index in [1.807, 2.05) is 19.2 Å². The van der Waals surface area contributed by atoms with Crippen molar-refractivity contribution in [3.8, 4) is 0 Å². The van der Waals surface area contributed by atoms with E-state index in [9.17, 15) is 16.8 Å². The Morgan fingerprint density at radius 1 is 0.793 bits per heavy atom. The molecule has 2 aliphatic rings. The Bertz CT molecular complexity index is 887. The van der Waals surface area contributed by atoms with Gasteiger partial charge in [-0.25, -0.2) is 8.42 Å².